The molecule has 2 fully saturated rings. The number of amides is 1. The summed E-state index contributed by atoms with van der Waals surface area (Å²) in [5, 5.41) is 26.3. The summed E-state index contributed by atoms with van der Waals surface area (Å²) in [6.07, 6.45) is 8.69. The van der Waals surface area contributed by atoms with E-state index in [9.17, 15) is 24.5 Å². The number of carboxylic acids is 2. The lowest BCUT2D eigenvalue weighted by Gasteiger charge is -2.32. The van der Waals surface area contributed by atoms with E-state index in [-0.39, 0.29) is 17.6 Å². The molecular weight excluding hydrogens is 418 g/mol. The second kappa shape index (κ2) is 11.9. The minimum Gasteiger partial charge on any atom is -0.478 e. The number of nitro benzene ring substituents is 1. The second-order valence-corrected chi connectivity index (χ2v) is 7.96. The third kappa shape index (κ3) is 7.45. The predicted molar refractivity (Wildman–Crippen MR) is 116 cm³/mol. The molecule has 1 aromatic carbocycles. The normalized spacial score (nSPS) is 19.2. The number of hydrogen-bond donors (Lipinski definition) is 2. The van der Waals surface area contributed by atoms with Gasteiger partial charge in [-0.05, 0) is 31.4 Å². The number of likely N-dealkylation sites (tertiary alicyclic amines) is 1. The molecule has 174 valence electrons. The lowest BCUT2D eigenvalue weighted by molar-refractivity contribution is -0.384. The van der Waals surface area contributed by atoms with Crippen molar-refractivity contribution in [3.63, 3.8) is 0 Å². The quantitative estimate of drug-likeness (QED) is 0.385. The highest BCUT2D eigenvalue weighted by atomic mass is 16.6. The Bertz CT molecular complexity index is 832. The van der Waals surface area contributed by atoms with Crippen LogP contribution in [0.4, 0.5) is 5.69 Å². The lowest BCUT2D eigenvalue weighted by atomic mass is 9.94. The Kier molecular flexibility index (Phi) is 9.33. The van der Waals surface area contributed by atoms with Crippen LogP contribution in [0.1, 0.15) is 48.9 Å². The maximum Gasteiger partial charge on any atom is 0.328 e. The van der Waals surface area contributed by atoms with Gasteiger partial charge in [-0.25, -0.2) is 9.59 Å². The molecule has 10 heteroatoms. The van der Waals surface area contributed by atoms with E-state index >= 15 is 0 Å². The van der Waals surface area contributed by atoms with Gasteiger partial charge < -0.3 is 15.1 Å². The molecule has 32 heavy (non-hydrogen) atoms. The van der Waals surface area contributed by atoms with Crippen LogP contribution in [0.2, 0.25) is 0 Å². The fourth-order valence-electron chi connectivity index (χ4n) is 4.10. The van der Waals surface area contributed by atoms with Gasteiger partial charge in [-0.15, -0.1) is 0 Å². The van der Waals surface area contributed by atoms with Gasteiger partial charge in [0.25, 0.3) is 11.6 Å². The minimum atomic E-state index is -1.26. The van der Waals surface area contributed by atoms with Gasteiger partial charge >= 0.3 is 11.9 Å². The maximum atomic E-state index is 12.6. The molecule has 1 unspecified atom stereocenters. The fraction of sp³-hybridized carbons (Fsp3) is 0.500. The van der Waals surface area contributed by atoms with Crippen LogP contribution in [0, 0.1) is 10.1 Å². The summed E-state index contributed by atoms with van der Waals surface area (Å²) >= 11 is 0. The van der Waals surface area contributed by atoms with Crippen LogP contribution in [0.25, 0.3) is 0 Å². The Morgan fingerprint density at radius 2 is 1.59 bits per heavy atom. The van der Waals surface area contributed by atoms with Gasteiger partial charge in [-0.2, -0.15) is 0 Å². The van der Waals surface area contributed by atoms with Crippen molar-refractivity contribution in [1.29, 1.82) is 0 Å². The van der Waals surface area contributed by atoms with E-state index < -0.39 is 16.9 Å². The Balaban J connectivity index is 0.000000390. The number of nitrogens with zero attached hydrogens (tertiary/aromatic N) is 3. The summed E-state index contributed by atoms with van der Waals surface area (Å²) in [6.45, 7) is 2.01. The zero-order chi connectivity index (χ0) is 23.7. The highest BCUT2D eigenvalue weighted by Gasteiger charge is 2.32. The molecule has 1 heterocycles. The number of hydrogen-bond acceptors (Lipinski definition) is 6. The van der Waals surface area contributed by atoms with Crippen LogP contribution in [-0.2, 0) is 9.59 Å². The van der Waals surface area contributed by atoms with Crippen LogP contribution in [-0.4, -0.2) is 75.0 Å². The van der Waals surface area contributed by atoms with Crippen molar-refractivity contribution in [1.82, 2.24) is 9.80 Å². The summed E-state index contributed by atoms with van der Waals surface area (Å²) in [5.74, 6) is -2.57. The van der Waals surface area contributed by atoms with Crippen molar-refractivity contribution in [3.8, 4) is 0 Å². The van der Waals surface area contributed by atoms with Crippen LogP contribution in [0.5, 0.6) is 0 Å². The average Bonchev–Trinajstić information content (AvgIpc) is 3.28. The van der Waals surface area contributed by atoms with Crippen molar-refractivity contribution in [3.05, 3.63) is 52.1 Å². The smallest absolute Gasteiger partial charge is 0.328 e. The van der Waals surface area contributed by atoms with Crippen LogP contribution >= 0.6 is 0 Å². The molecule has 1 amide bonds. The molecule has 3 rings (SSSR count). The number of likely N-dealkylation sites (N-methyl/N-ethyl adjacent to an activating group) is 1. The van der Waals surface area contributed by atoms with Gasteiger partial charge in [0.05, 0.1) is 4.92 Å². The maximum absolute atomic E-state index is 12.6. The molecule has 0 spiro atoms. The third-order valence-corrected chi connectivity index (χ3v) is 5.85. The summed E-state index contributed by atoms with van der Waals surface area (Å²) in [7, 11) is 1.85. The first kappa shape index (κ1) is 25.0. The highest BCUT2D eigenvalue weighted by Crippen LogP contribution is 2.27. The fourth-order valence-corrected chi connectivity index (χ4v) is 4.10. The first-order valence-electron chi connectivity index (χ1n) is 10.6. The number of rotatable bonds is 6. The molecule has 1 aliphatic heterocycles. The Morgan fingerprint density at radius 1 is 1.03 bits per heavy atom. The molecule has 10 nitrogen and oxygen atoms in total. The Labute approximate surface area is 186 Å². The van der Waals surface area contributed by atoms with Crippen molar-refractivity contribution in [2.24, 2.45) is 0 Å². The molecule has 2 N–H and O–H groups in total. The molecule has 1 aliphatic carbocycles. The molecular formula is C22H29N3O7. The number of carbonyl (C=O) groups excluding carboxylic acids is 1. The largest absolute Gasteiger partial charge is 0.478 e. The highest BCUT2D eigenvalue weighted by molar-refractivity contribution is 5.94. The van der Waals surface area contributed by atoms with E-state index in [1.165, 1.54) is 44.2 Å². The summed E-state index contributed by atoms with van der Waals surface area (Å²) < 4.78 is 0. The van der Waals surface area contributed by atoms with Crippen molar-refractivity contribution < 1.29 is 29.5 Å². The summed E-state index contributed by atoms with van der Waals surface area (Å²) in [5.41, 5.74) is 0.526. The first-order valence-corrected chi connectivity index (χ1v) is 10.6. The number of carboxylic acid groups (broad SMARTS) is 2. The zero-order valence-electron chi connectivity index (χ0n) is 18.1. The van der Waals surface area contributed by atoms with Gasteiger partial charge in [0.15, 0.2) is 0 Å². The predicted octanol–water partition coefficient (Wildman–Crippen LogP) is 2.79. The number of benzene rings is 1. The number of non-ortho nitro benzene ring substituents is 1. The topological polar surface area (TPSA) is 141 Å². The van der Waals surface area contributed by atoms with Gasteiger partial charge in [0.2, 0.25) is 0 Å². The van der Waals surface area contributed by atoms with E-state index in [0.717, 1.165) is 19.5 Å². The van der Waals surface area contributed by atoms with Gasteiger partial charge in [-0.3, -0.25) is 19.8 Å². The molecule has 1 atom stereocenters. The first-order chi connectivity index (χ1) is 15.2. The molecule has 1 saturated heterocycles. The standard InChI is InChI=1S/C18H25N3O3.C4H4O4/c1-19(18(22)14-7-9-16(10-8-14)21(23)24)17-11-12-20(13-17)15-5-3-2-4-6-15;5-3(6)1-2-4(7)8/h7-10,15,17H,2-6,11-13H2,1H3;1-2H,(H,5,6)(H,7,8). The van der Waals surface area contributed by atoms with Gasteiger partial charge in [0, 0.05) is 62.1 Å². The van der Waals surface area contributed by atoms with Crippen molar-refractivity contribution in [2.75, 3.05) is 20.1 Å². The number of carbonyl (C=O) groups is 3. The van der Waals surface area contributed by atoms with E-state index in [0.29, 0.717) is 23.8 Å². The van der Waals surface area contributed by atoms with Crippen LogP contribution in [0.3, 0.4) is 0 Å². The van der Waals surface area contributed by atoms with Crippen LogP contribution < -0.4 is 0 Å². The number of aliphatic carboxylic acids is 2. The van der Waals surface area contributed by atoms with Crippen molar-refractivity contribution in [2.45, 2.75) is 50.6 Å². The van der Waals surface area contributed by atoms with Gasteiger partial charge in [0.1, 0.15) is 0 Å². The molecule has 0 bridgehead atoms. The SMILES string of the molecule is CN(C(=O)c1ccc([N+](=O)[O-])cc1)C1CCN(C2CCCCC2)C1.O=C(O)C=CC(=O)O. The van der Waals surface area contributed by atoms with E-state index in [4.69, 9.17) is 10.2 Å². The van der Waals surface area contributed by atoms with E-state index in [1.54, 1.807) is 12.1 Å². The summed E-state index contributed by atoms with van der Waals surface area (Å²) in [4.78, 5) is 46.4. The summed E-state index contributed by atoms with van der Waals surface area (Å²) in [6, 6.07) is 6.80. The average molecular weight is 447 g/mol. The number of nitro groups is 1. The molecule has 1 aromatic rings. The minimum absolute atomic E-state index is 0.0125. The van der Waals surface area contributed by atoms with Crippen molar-refractivity contribution >= 4 is 23.5 Å². The zero-order valence-corrected chi connectivity index (χ0v) is 18.1. The van der Waals surface area contributed by atoms with E-state index in [2.05, 4.69) is 4.90 Å². The Morgan fingerprint density at radius 3 is 2.09 bits per heavy atom. The van der Waals surface area contributed by atoms with Gasteiger partial charge in [-0.1, -0.05) is 19.3 Å². The second-order valence-electron chi connectivity index (χ2n) is 7.96. The molecule has 0 aromatic heterocycles. The molecule has 1 saturated carbocycles. The Hall–Kier alpha value is -3.27. The third-order valence-electron chi connectivity index (χ3n) is 5.85. The lowest BCUT2D eigenvalue weighted by Crippen LogP contribution is -2.41. The molecule has 2 aliphatic rings. The van der Waals surface area contributed by atoms with E-state index in [1.807, 2.05) is 11.9 Å². The van der Waals surface area contributed by atoms with Crippen LogP contribution in [0.15, 0.2) is 36.4 Å². The molecule has 0 radical (unpaired) electrons. The monoisotopic (exact) mass is 447 g/mol.